The summed E-state index contributed by atoms with van der Waals surface area (Å²) in [6, 6.07) is 18.7. The molecule has 1 atom stereocenters. The van der Waals surface area contributed by atoms with Crippen molar-refractivity contribution in [3.8, 4) is 0 Å². The second-order valence-electron chi connectivity index (χ2n) is 8.74. The van der Waals surface area contributed by atoms with E-state index in [1.807, 2.05) is 30.0 Å². The van der Waals surface area contributed by atoms with Gasteiger partial charge in [-0.3, -0.25) is 4.79 Å². The summed E-state index contributed by atoms with van der Waals surface area (Å²) in [7, 11) is 2.06. The molecule has 0 aliphatic carbocycles. The van der Waals surface area contributed by atoms with Crippen LogP contribution in [0.2, 0.25) is 0 Å². The fourth-order valence-corrected chi connectivity index (χ4v) is 5.73. The second-order valence-corrected chi connectivity index (χ2v) is 9.92. The van der Waals surface area contributed by atoms with Crippen LogP contribution < -0.4 is 5.32 Å². The van der Waals surface area contributed by atoms with E-state index in [1.165, 1.54) is 12.8 Å². The number of para-hydroxylation sites is 1. The van der Waals surface area contributed by atoms with Gasteiger partial charge in [0.15, 0.2) is 0 Å². The summed E-state index contributed by atoms with van der Waals surface area (Å²) >= 11 is 1.88. The van der Waals surface area contributed by atoms with Gasteiger partial charge in [0.25, 0.3) is 5.91 Å². The fourth-order valence-electron chi connectivity index (χ4n) is 4.56. The Bertz CT molecular complexity index is 1120. The number of fused-ring (bicyclic) bond motifs is 1. The van der Waals surface area contributed by atoms with Crippen molar-refractivity contribution in [1.82, 2.24) is 14.8 Å². The molecule has 2 heterocycles. The maximum atomic E-state index is 14.0. The molecule has 0 fully saturated rings. The van der Waals surface area contributed by atoms with Gasteiger partial charge < -0.3 is 14.8 Å². The molecule has 1 amide bonds. The summed E-state index contributed by atoms with van der Waals surface area (Å²) in [6.45, 7) is 5.94. The monoisotopic (exact) mass is 461 g/mol. The number of amides is 1. The molecule has 2 aromatic carbocycles. The molecule has 33 heavy (non-hydrogen) atoms. The number of aryl methyl sites for hydroxylation is 1. The quantitative estimate of drug-likeness (QED) is 0.346. The number of carbonyl (C=O) groups excluding carboxylic acids is 1. The van der Waals surface area contributed by atoms with Crippen LogP contribution in [0.15, 0.2) is 66.5 Å². The molecule has 3 aromatic rings. The highest BCUT2D eigenvalue weighted by atomic mass is 32.2. The first-order valence-corrected chi connectivity index (χ1v) is 13.2. The largest absolute Gasteiger partial charge is 0.385 e. The molecule has 0 radical (unpaired) electrons. The number of thioether (sulfide) groups is 1. The van der Waals surface area contributed by atoms with Crippen LogP contribution in [0.4, 0.5) is 0 Å². The maximum Gasteiger partial charge on any atom is 0.257 e. The second kappa shape index (κ2) is 11.0. The van der Waals surface area contributed by atoms with Gasteiger partial charge in [-0.2, -0.15) is 0 Å². The fraction of sp³-hybridized carbons (Fsp3) is 0.393. The molecule has 0 spiro atoms. The summed E-state index contributed by atoms with van der Waals surface area (Å²) in [4.78, 5) is 16.1. The lowest BCUT2D eigenvalue weighted by atomic mass is 10.0. The van der Waals surface area contributed by atoms with Crippen molar-refractivity contribution in [2.75, 3.05) is 12.3 Å². The van der Waals surface area contributed by atoms with E-state index in [0.717, 1.165) is 58.4 Å². The number of benzene rings is 2. The molecule has 1 unspecified atom stereocenters. The van der Waals surface area contributed by atoms with Gasteiger partial charge in [0.2, 0.25) is 0 Å². The number of nitrogens with one attached hydrogen (secondary N) is 1. The summed E-state index contributed by atoms with van der Waals surface area (Å²) in [5.74, 6) is 1.15. The smallest absolute Gasteiger partial charge is 0.257 e. The van der Waals surface area contributed by atoms with Crippen LogP contribution in [-0.4, -0.2) is 33.0 Å². The minimum atomic E-state index is 0.00764. The topological polar surface area (TPSA) is 37.3 Å². The van der Waals surface area contributed by atoms with Crippen molar-refractivity contribution in [2.24, 2.45) is 7.05 Å². The van der Waals surface area contributed by atoms with Gasteiger partial charge in [0.05, 0.1) is 11.3 Å². The highest BCUT2D eigenvalue weighted by Crippen LogP contribution is 2.40. The van der Waals surface area contributed by atoms with Gasteiger partial charge in [-0.15, -0.1) is 11.8 Å². The SMILES string of the molecule is CCCCCNC1=C(c2cn(C)c3ccccc23)C(=O)N(Cc2ccccc2)C1SCCC. The Morgan fingerprint density at radius 2 is 1.73 bits per heavy atom. The average molecular weight is 462 g/mol. The van der Waals surface area contributed by atoms with Crippen molar-refractivity contribution >= 4 is 34.1 Å². The zero-order valence-corrected chi connectivity index (χ0v) is 20.8. The van der Waals surface area contributed by atoms with Crippen molar-refractivity contribution in [3.05, 3.63) is 77.6 Å². The van der Waals surface area contributed by atoms with E-state index in [9.17, 15) is 4.79 Å². The molecule has 1 aliphatic rings. The molecular formula is C28H35N3OS. The van der Waals surface area contributed by atoms with E-state index >= 15 is 0 Å². The molecule has 1 N–H and O–H groups in total. The van der Waals surface area contributed by atoms with E-state index < -0.39 is 0 Å². The first kappa shape index (κ1) is 23.5. The molecule has 4 rings (SSSR count). The number of carbonyl (C=O) groups is 1. The first-order valence-electron chi connectivity index (χ1n) is 12.1. The van der Waals surface area contributed by atoms with Crippen LogP contribution in [0, 0.1) is 0 Å². The predicted octanol–water partition coefficient (Wildman–Crippen LogP) is 6.18. The number of unbranched alkanes of at least 4 members (excludes halogenated alkanes) is 2. The molecule has 0 bridgehead atoms. The standard InChI is InChI=1S/C28H35N3OS/c1-4-6-12-17-29-26-25(23-20-30(3)24-16-11-10-15-22(23)24)27(32)31(28(26)33-18-5-2)19-21-13-8-7-9-14-21/h7-11,13-16,20,28-29H,4-6,12,17-19H2,1-3H3. The van der Waals surface area contributed by atoms with Gasteiger partial charge in [-0.05, 0) is 30.2 Å². The maximum absolute atomic E-state index is 14.0. The highest BCUT2D eigenvalue weighted by Gasteiger charge is 2.40. The van der Waals surface area contributed by atoms with Gasteiger partial charge in [0.1, 0.15) is 5.37 Å². The third-order valence-electron chi connectivity index (χ3n) is 6.21. The van der Waals surface area contributed by atoms with E-state index in [0.29, 0.717) is 6.54 Å². The van der Waals surface area contributed by atoms with E-state index in [-0.39, 0.29) is 11.3 Å². The molecule has 4 nitrogen and oxygen atoms in total. The Balaban J connectivity index is 1.78. The third-order valence-corrected chi connectivity index (χ3v) is 7.66. The first-order chi connectivity index (χ1) is 16.2. The summed E-state index contributed by atoms with van der Waals surface area (Å²) in [5.41, 5.74) is 5.28. The molecule has 1 aromatic heterocycles. The minimum Gasteiger partial charge on any atom is -0.385 e. The van der Waals surface area contributed by atoms with Crippen LogP contribution in [0.5, 0.6) is 0 Å². The summed E-state index contributed by atoms with van der Waals surface area (Å²) < 4.78 is 2.13. The van der Waals surface area contributed by atoms with E-state index in [2.05, 4.69) is 78.3 Å². The van der Waals surface area contributed by atoms with Crippen molar-refractivity contribution in [1.29, 1.82) is 0 Å². The lowest BCUT2D eigenvalue weighted by Crippen LogP contribution is -2.35. The van der Waals surface area contributed by atoms with Gasteiger partial charge >= 0.3 is 0 Å². The third kappa shape index (κ3) is 4.98. The Kier molecular flexibility index (Phi) is 7.81. The number of rotatable bonds is 11. The Hall–Kier alpha value is -2.66. The van der Waals surface area contributed by atoms with Gasteiger partial charge in [-0.1, -0.05) is 75.2 Å². The molecule has 0 saturated carbocycles. The van der Waals surface area contributed by atoms with Gasteiger partial charge in [0, 0.05) is 42.8 Å². The summed E-state index contributed by atoms with van der Waals surface area (Å²) in [5, 5.41) is 4.87. The number of hydrogen-bond acceptors (Lipinski definition) is 3. The number of nitrogens with zero attached hydrogens (tertiary/aromatic N) is 2. The minimum absolute atomic E-state index is 0.00764. The van der Waals surface area contributed by atoms with Crippen LogP contribution in [0.25, 0.3) is 16.5 Å². The van der Waals surface area contributed by atoms with Crippen LogP contribution in [0.1, 0.15) is 50.7 Å². The Morgan fingerprint density at radius 1 is 0.970 bits per heavy atom. The van der Waals surface area contributed by atoms with Crippen LogP contribution in [0.3, 0.4) is 0 Å². The average Bonchev–Trinajstić information content (AvgIpc) is 3.30. The molecule has 0 saturated heterocycles. The Morgan fingerprint density at radius 3 is 2.48 bits per heavy atom. The highest BCUT2D eigenvalue weighted by molar-refractivity contribution is 8.00. The molecule has 1 aliphatic heterocycles. The number of hydrogen-bond donors (Lipinski definition) is 1. The van der Waals surface area contributed by atoms with Crippen LogP contribution >= 0.6 is 11.8 Å². The van der Waals surface area contributed by atoms with Crippen molar-refractivity contribution < 1.29 is 4.79 Å². The lowest BCUT2D eigenvalue weighted by Gasteiger charge is -2.27. The van der Waals surface area contributed by atoms with Crippen LogP contribution in [-0.2, 0) is 18.4 Å². The molecular weight excluding hydrogens is 426 g/mol. The zero-order chi connectivity index (χ0) is 23.2. The van der Waals surface area contributed by atoms with Crippen molar-refractivity contribution in [2.45, 2.75) is 51.4 Å². The molecule has 174 valence electrons. The van der Waals surface area contributed by atoms with Crippen molar-refractivity contribution in [3.63, 3.8) is 0 Å². The normalized spacial score (nSPS) is 16.3. The molecule has 5 heteroatoms. The number of aromatic nitrogens is 1. The van der Waals surface area contributed by atoms with E-state index in [1.54, 1.807) is 0 Å². The lowest BCUT2D eigenvalue weighted by molar-refractivity contribution is -0.124. The van der Waals surface area contributed by atoms with Gasteiger partial charge in [-0.25, -0.2) is 0 Å². The Labute approximate surface area is 202 Å². The van der Waals surface area contributed by atoms with E-state index in [4.69, 9.17) is 0 Å². The predicted molar refractivity (Wildman–Crippen MR) is 141 cm³/mol. The summed E-state index contributed by atoms with van der Waals surface area (Å²) in [6.07, 6.45) is 6.70. The zero-order valence-electron chi connectivity index (χ0n) is 20.0.